The largest absolute Gasteiger partial charge is 0.376 e. The second-order valence-corrected chi connectivity index (χ2v) is 8.73. The van der Waals surface area contributed by atoms with Crippen molar-refractivity contribution in [3.63, 3.8) is 0 Å². The lowest BCUT2D eigenvalue weighted by Crippen LogP contribution is -2.54. The Balaban J connectivity index is 1.71. The molecule has 0 radical (unpaired) electrons. The molecule has 0 spiro atoms. The summed E-state index contributed by atoms with van der Waals surface area (Å²) < 4.78 is 1.06. The van der Waals surface area contributed by atoms with Crippen LogP contribution >= 0.6 is 28.1 Å². The predicted molar refractivity (Wildman–Crippen MR) is 117 cm³/mol. The van der Waals surface area contributed by atoms with Gasteiger partial charge in [-0.25, -0.2) is 0 Å². The number of carbonyl (C=O) groups excluding carboxylic acids is 1. The first kappa shape index (κ1) is 20.0. The van der Waals surface area contributed by atoms with Crippen LogP contribution in [0.3, 0.4) is 0 Å². The van der Waals surface area contributed by atoms with E-state index in [9.17, 15) is 4.79 Å². The number of allylic oxidation sites excluding steroid dienone is 1. The molecule has 2 heterocycles. The van der Waals surface area contributed by atoms with E-state index in [0.29, 0.717) is 0 Å². The van der Waals surface area contributed by atoms with Crippen molar-refractivity contribution in [3.05, 3.63) is 40.5 Å². The van der Waals surface area contributed by atoms with Crippen LogP contribution in [-0.4, -0.2) is 40.3 Å². The summed E-state index contributed by atoms with van der Waals surface area (Å²) in [7, 11) is 0. The molecule has 7 heteroatoms. The Hall–Kier alpha value is -1.73. The van der Waals surface area contributed by atoms with E-state index in [2.05, 4.69) is 38.4 Å². The average Bonchev–Trinajstić information content (AvgIpc) is 3.28. The third-order valence-corrected chi connectivity index (χ3v) is 5.77. The van der Waals surface area contributed by atoms with Crippen LogP contribution in [0, 0.1) is 5.92 Å². The summed E-state index contributed by atoms with van der Waals surface area (Å²) in [4.78, 5) is 19.8. The minimum absolute atomic E-state index is 0.0519. The Morgan fingerprint density at radius 2 is 2.07 bits per heavy atom. The van der Waals surface area contributed by atoms with Crippen LogP contribution in [0.5, 0.6) is 0 Å². The predicted octanol–water partition coefficient (Wildman–Crippen LogP) is 3.48. The maximum absolute atomic E-state index is 13.1. The third kappa shape index (κ3) is 4.58. The van der Waals surface area contributed by atoms with E-state index in [0.717, 1.165) is 36.0 Å². The SMILES string of the molecule is CC(C)[C@H](NC(N)=S)C(=O)N1CCC[C@H]1C1=NC=C(c2ccc(Br)cc2)C1. The fourth-order valence-corrected chi connectivity index (χ4v) is 4.11. The van der Waals surface area contributed by atoms with E-state index in [1.807, 2.05) is 37.1 Å². The first-order valence-electron chi connectivity index (χ1n) is 9.25. The van der Waals surface area contributed by atoms with E-state index < -0.39 is 6.04 Å². The second kappa shape index (κ2) is 8.52. The number of hydrogen-bond donors (Lipinski definition) is 2. The lowest BCUT2D eigenvalue weighted by molar-refractivity contribution is -0.133. The maximum Gasteiger partial charge on any atom is 0.245 e. The van der Waals surface area contributed by atoms with Gasteiger partial charge in [-0.3, -0.25) is 9.79 Å². The summed E-state index contributed by atoms with van der Waals surface area (Å²) in [6.45, 7) is 4.75. The smallest absolute Gasteiger partial charge is 0.245 e. The van der Waals surface area contributed by atoms with Crippen molar-refractivity contribution in [1.82, 2.24) is 10.2 Å². The average molecular weight is 449 g/mol. The molecule has 27 heavy (non-hydrogen) atoms. The van der Waals surface area contributed by atoms with E-state index in [1.165, 1.54) is 11.1 Å². The lowest BCUT2D eigenvalue weighted by Gasteiger charge is -2.31. The number of amides is 1. The molecule has 2 aliphatic rings. The molecular weight excluding hydrogens is 424 g/mol. The van der Waals surface area contributed by atoms with E-state index in [4.69, 9.17) is 18.0 Å². The van der Waals surface area contributed by atoms with E-state index >= 15 is 0 Å². The molecule has 0 aliphatic carbocycles. The van der Waals surface area contributed by atoms with Crippen molar-refractivity contribution in [2.45, 2.75) is 45.2 Å². The van der Waals surface area contributed by atoms with Gasteiger partial charge in [0, 0.05) is 29.3 Å². The summed E-state index contributed by atoms with van der Waals surface area (Å²) >= 11 is 8.43. The molecule has 0 saturated carbocycles. The van der Waals surface area contributed by atoms with Gasteiger partial charge in [0.1, 0.15) is 6.04 Å². The number of nitrogens with zero attached hydrogens (tertiary/aromatic N) is 2. The van der Waals surface area contributed by atoms with Crippen molar-refractivity contribution < 1.29 is 4.79 Å². The Labute approximate surface area is 174 Å². The van der Waals surface area contributed by atoms with Crippen LogP contribution in [0.25, 0.3) is 5.57 Å². The molecule has 2 atom stereocenters. The molecule has 5 nitrogen and oxygen atoms in total. The van der Waals surface area contributed by atoms with Gasteiger partial charge < -0.3 is 16.0 Å². The Bertz CT molecular complexity index is 788. The first-order chi connectivity index (χ1) is 12.9. The third-order valence-electron chi connectivity index (χ3n) is 5.12. The Morgan fingerprint density at radius 3 is 2.70 bits per heavy atom. The lowest BCUT2D eigenvalue weighted by atomic mass is 9.97. The molecule has 144 valence electrons. The first-order valence-corrected chi connectivity index (χ1v) is 10.4. The van der Waals surface area contributed by atoms with Gasteiger partial charge in [-0.15, -0.1) is 0 Å². The molecular formula is C20H25BrN4OS. The van der Waals surface area contributed by atoms with Crippen LogP contribution in [0.4, 0.5) is 0 Å². The number of rotatable bonds is 5. The Morgan fingerprint density at radius 1 is 1.37 bits per heavy atom. The highest BCUT2D eigenvalue weighted by Crippen LogP contribution is 2.30. The van der Waals surface area contributed by atoms with Gasteiger partial charge in [0.05, 0.1) is 6.04 Å². The van der Waals surface area contributed by atoms with Gasteiger partial charge in [-0.2, -0.15) is 0 Å². The van der Waals surface area contributed by atoms with Gasteiger partial charge in [0.25, 0.3) is 0 Å². The molecule has 3 rings (SSSR count). The van der Waals surface area contributed by atoms with Crippen molar-refractivity contribution >= 4 is 50.5 Å². The van der Waals surface area contributed by atoms with Gasteiger partial charge in [-0.1, -0.05) is 41.9 Å². The minimum Gasteiger partial charge on any atom is -0.376 e. The molecule has 2 aliphatic heterocycles. The number of aliphatic imine (C=N–C) groups is 1. The van der Waals surface area contributed by atoms with Crippen molar-refractivity contribution in [1.29, 1.82) is 0 Å². The fourth-order valence-electron chi connectivity index (χ4n) is 3.71. The normalized spacial score (nSPS) is 20.4. The van der Waals surface area contributed by atoms with E-state index in [-0.39, 0.29) is 23.0 Å². The number of benzene rings is 1. The highest BCUT2D eigenvalue weighted by Gasteiger charge is 2.37. The number of likely N-dealkylation sites (tertiary alicyclic amines) is 1. The number of thiocarbonyl (C=S) groups is 1. The van der Waals surface area contributed by atoms with Crippen LogP contribution < -0.4 is 11.1 Å². The zero-order chi connectivity index (χ0) is 19.6. The number of carbonyl (C=O) groups is 1. The van der Waals surface area contributed by atoms with Crippen LogP contribution in [0.15, 0.2) is 39.9 Å². The highest BCUT2D eigenvalue weighted by atomic mass is 79.9. The van der Waals surface area contributed by atoms with E-state index in [1.54, 1.807) is 0 Å². The number of nitrogens with one attached hydrogen (secondary N) is 1. The van der Waals surface area contributed by atoms with Crippen LogP contribution in [0.2, 0.25) is 0 Å². The quantitative estimate of drug-likeness (QED) is 0.676. The summed E-state index contributed by atoms with van der Waals surface area (Å²) in [5, 5.41) is 3.13. The molecule has 1 saturated heterocycles. The number of hydrogen-bond acceptors (Lipinski definition) is 3. The topological polar surface area (TPSA) is 70.7 Å². The molecule has 1 aromatic rings. The summed E-state index contributed by atoms with van der Waals surface area (Å²) in [6.07, 6.45) is 4.66. The molecule has 3 N–H and O–H groups in total. The van der Waals surface area contributed by atoms with Crippen molar-refractivity contribution in [2.75, 3.05) is 6.54 Å². The Kier molecular flexibility index (Phi) is 6.32. The molecule has 1 amide bonds. The standard InChI is InChI=1S/C20H25BrN4OS/c1-12(2)18(24-20(22)27)19(26)25-9-3-4-17(25)16-10-14(11-23-16)13-5-7-15(21)8-6-13/h5-8,11-12,17-18H,3-4,9-10H2,1-2H3,(H3,22,24,27)/t17-,18-/m0/s1. The molecule has 0 bridgehead atoms. The monoisotopic (exact) mass is 448 g/mol. The highest BCUT2D eigenvalue weighted by molar-refractivity contribution is 9.10. The molecule has 0 unspecified atom stereocenters. The van der Waals surface area contributed by atoms with Crippen molar-refractivity contribution in [3.8, 4) is 0 Å². The van der Waals surface area contributed by atoms with Gasteiger partial charge in [-0.05, 0) is 54.2 Å². The maximum atomic E-state index is 13.1. The summed E-state index contributed by atoms with van der Waals surface area (Å²) in [5.74, 6) is 0.155. The second-order valence-electron chi connectivity index (χ2n) is 7.38. The zero-order valence-corrected chi connectivity index (χ0v) is 18.0. The number of halogens is 1. The van der Waals surface area contributed by atoms with Gasteiger partial charge >= 0.3 is 0 Å². The van der Waals surface area contributed by atoms with Gasteiger partial charge in [0.15, 0.2) is 5.11 Å². The fraction of sp³-hybridized carbons (Fsp3) is 0.450. The number of nitrogens with two attached hydrogens (primary N) is 1. The van der Waals surface area contributed by atoms with Crippen LogP contribution in [0.1, 0.15) is 38.7 Å². The summed E-state index contributed by atoms with van der Waals surface area (Å²) in [6, 6.07) is 7.90. The minimum atomic E-state index is -0.399. The molecule has 1 fully saturated rings. The molecule has 0 aromatic heterocycles. The summed E-state index contributed by atoms with van der Waals surface area (Å²) in [5.41, 5.74) is 9.06. The zero-order valence-electron chi connectivity index (χ0n) is 15.6. The molecule has 1 aromatic carbocycles. The van der Waals surface area contributed by atoms with Crippen molar-refractivity contribution in [2.24, 2.45) is 16.6 Å². The van der Waals surface area contributed by atoms with Gasteiger partial charge in [0.2, 0.25) is 5.91 Å². The van der Waals surface area contributed by atoms with Crippen LogP contribution in [-0.2, 0) is 4.79 Å².